The van der Waals surface area contributed by atoms with E-state index < -0.39 is 0 Å². The molecule has 2 fully saturated rings. The van der Waals surface area contributed by atoms with Gasteiger partial charge in [-0.05, 0) is 44.9 Å². The summed E-state index contributed by atoms with van der Waals surface area (Å²) in [6, 6.07) is 1.79. The van der Waals surface area contributed by atoms with Crippen LogP contribution < -0.4 is 5.32 Å². The fourth-order valence-corrected chi connectivity index (χ4v) is 3.58. The molecule has 3 rings (SSSR count). The van der Waals surface area contributed by atoms with Crippen LogP contribution in [0.2, 0.25) is 0 Å². The quantitative estimate of drug-likeness (QED) is 0.871. The molecule has 1 aliphatic heterocycles. The lowest BCUT2D eigenvalue weighted by atomic mass is 10.0. The van der Waals surface area contributed by atoms with Gasteiger partial charge in [-0.25, -0.2) is 4.68 Å². The van der Waals surface area contributed by atoms with Gasteiger partial charge in [0.1, 0.15) is 11.9 Å². The summed E-state index contributed by atoms with van der Waals surface area (Å²) in [5.41, 5.74) is 0. The molecule has 1 atom stereocenters. The van der Waals surface area contributed by atoms with Gasteiger partial charge in [0, 0.05) is 18.5 Å². The summed E-state index contributed by atoms with van der Waals surface area (Å²) in [4.78, 5) is 27.1. The number of amides is 2. The minimum Gasteiger partial charge on any atom is -0.330 e. The molecule has 1 aromatic heterocycles. The van der Waals surface area contributed by atoms with Crippen molar-refractivity contribution in [1.29, 1.82) is 0 Å². The van der Waals surface area contributed by atoms with Gasteiger partial charge in [-0.15, -0.1) is 0 Å². The fraction of sp³-hybridized carbons (Fsp3) is 0.722. The zero-order valence-corrected chi connectivity index (χ0v) is 14.7. The van der Waals surface area contributed by atoms with Crippen LogP contribution in [-0.2, 0) is 9.59 Å². The van der Waals surface area contributed by atoms with Crippen molar-refractivity contribution in [3.05, 3.63) is 12.3 Å². The Morgan fingerprint density at radius 2 is 2.00 bits per heavy atom. The monoisotopic (exact) mass is 332 g/mol. The van der Waals surface area contributed by atoms with Crippen molar-refractivity contribution in [2.24, 2.45) is 5.92 Å². The van der Waals surface area contributed by atoms with Gasteiger partial charge in [-0.3, -0.25) is 9.59 Å². The Kier molecular flexibility index (Phi) is 5.21. The van der Waals surface area contributed by atoms with Crippen LogP contribution in [0.15, 0.2) is 12.3 Å². The Morgan fingerprint density at radius 3 is 2.67 bits per heavy atom. The lowest BCUT2D eigenvalue weighted by molar-refractivity contribution is -0.141. The van der Waals surface area contributed by atoms with Gasteiger partial charge in [-0.1, -0.05) is 13.8 Å². The largest absolute Gasteiger partial charge is 0.330 e. The summed E-state index contributed by atoms with van der Waals surface area (Å²) in [6.07, 6.45) is 8.36. The lowest BCUT2D eigenvalue weighted by Crippen LogP contribution is -2.50. The number of rotatable bonds is 6. The predicted molar refractivity (Wildman–Crippen MR) is 92.6 cm³/mol. The fourth-order valence-electron chi connectivity index (χ4n) is 3.58. The summed E-state index contributed by atoms with van der Waals surface area (Å²) in [5.74, 6) is 0.992. The number of carbonyl (C=O) groups is 2. The second kappa shape index (κ2) is 7.36. The first-order chi connectivity index (χ1) is 11.7. The van der Waals surface area contributed by atoms with Crippen LogP contribution in [0.3, 0.4) is 0 Å². The van der Waals surface area contributed by atoms with E-state index in [-0.39, 0.29) is 29.8 Å². The average Bonchev–Trinajstić information content (AvgIpc) is 3.37. The summed E-state index contributed by atoms with van der Waals surface area (Å²) >= 11 is 0. The van der Waals surface area contributed by atoms with E-state index in [1.54, 1.807) is 6.20 Å². The maximum atomic E-state index is 12.8. The van der Waals surface area contributed by atoms with E-state index >= 15 is 0 Å². The lowest BCUT2D eigenvalue weighted by Gasteiger charge is -2.35. The van der Waals surface area contributed by atoms with Crippen LogP contribution in [0.25, 0.3) is 0 Å². The summed E-state index contributed by atoms with van der Waals surface area (Å²) < 4.78 is 1.90. The molecule has 0 spiro atoms. The van der Waals surface area contributed by atoms with E-state index in [4.69, 9.17) is 0 Å². The third-order valence-corrected chi connectivity index (χ3v) is 5.23. The zero-order valence-electron chi connectivity index (χ0n) is 14.7. The molecule has 1 N–H and O–H groups in total. The number of anilines is 1. The van der Waals surface area contributed by atoms with Crippen LogP contribution >= 0.6 is 0 Å². The molecule has 1 saturated heterocycles. The minimum atomic E-state index is -0.336. The molecule has 6 nitrogen and oxygen atoms in total. The smallest absolute Gasteiger partial charge is 0.248 e. The Balaban J connectivity index is 1.71. The van der Waals surface area contributed by atoms with Crippen LogP contribution in [0.1, 0.15) is 64.8 Å². The number of hydrogen-bond acceptors (Lipinski definition) is 3. The van der Waals surface area contributed by atoms with Crippen LogP contribution in [-0.4, -0.2) is 39.1 Å². The van der Waals surface area contributed by atoms with E-state index in [1.165, 1.54) is 0 Å². The van der Waals surface area contributed by atoms with Crippen LogP contribution in [0.4, 0.5) is 5.82 Å². The van der Waals surface area contributed by atoms with Crippen LogP contribution in [0.5, 0.6) is 0 Å². The predicted octanol–water partition coefficient (Wildman–Crippen LogP) is 2.97. The molecule has 24 heavy (non-hydrogen) atoms. The molecule has 1 aromatic rings. The second-order valence-corrected chi connectivity index (χ2v) is 6.94. The van der Waals surface area contributed by atoms with Gasteiger partial charge in [0.15, 0.2) is 0 Å². The van der Waals surface area contributed by atoms with E-state index in [2.05, 4.69) is 24.3 Å². The topological polar surface area (TPSA) is 67.2 Å². The van der Waals surface area contributed by atoms with Crippen molar-refractivity contribution in [2.45, 2.75) is 70.9 Å². The van der Waals surface area contributed by atoms with Gasteiger partial charge < -0.3 is 10.2 Å². The van der Waals surface area contributed by atoms with Crippen molar-refractivity contribution < 1.29 is 9.59 Å². The first-order valence-electron chi connectivity index (χ1n) is 9.30. The van der Waals surface area contributed by atoms with Gasteiger partial charge in [0.25, 0.3) is 0 Å². The highest BCUT2D eigenvalue weighted by molar-refractivity contribution is 5.97. The molecule has 132 valence electrons. The van der Waals surface area contributed by atoms with Crippen molar-refractivity contribution in [3.63, 3.8) is 0 Å². The molecular formula is C18H28N4O2. The van der Waals surface area contributed by atoms with Crippen LogP contribution in [0, 0.1) is 5.92 Å². The Labute approximate surface area is 143 Å². The highest BCUT2D eigenvalue weighted by Gasteiger charge is 2.39. The number of hydrogen-bond donors (Lipinski definition) is 1. The van der Waals surface area contributed by atoms with Crippen molar-refractivity contribution in [3.8, 4) is 0 Å². The number of piperidine rings is 1. The average molecular weight is 332 g/mol. The van der Waals surface area contributed by atoms with E-state index in [0.717, 1.165) is 50.8 Å². The Bertz CT molecular complexity index is 590. The molecule has 2 amide bonds. The highest BCUT2D eigenvalue weighted by Crippen LogP contribution is 2.33. The standard InChI is InChI=1S/C18H28N4O2/c1-3-14(4-2)22-16(10-11-19-22)20-17(23)15-7-5-6-12-21(15)18(24)13-8-9-13/h10-11,13-15H,3-9,12H2,1-2H3,(H,20,23). The summed E-state index contributed by atoms with van der Waals surface area (Å²) in [6.45, 7) is 4.95. The van der Waals surface area contributed by atoms with Gasteiger partial charge in [0.05, 0.1) is 12.2 Å². The zero-order chi connectivity index (χ0) is 17.1. The number of nitrogens with zero attached hydrogens (tertiary/aromatic N) is 3. The van der Waals surface area contributed by atoms with E-state index in [1.807, 2.05) is 15.6 Å². The third kappa shape index (κ3) is 3.47. The molecule has 1 unspecified atom stereocenters. The molecule has 0 radical (unpaired) electrons. The second-order valence-electron chi connectivity index (χ2n) is 6.94. The normalized spacial score (nSPS) is 21.1. The number of carbonyl (C=O) groups excluding carboxylic acids is 2. The number of likely N-dealkylation sites (tertiary alicyclic amines) is 1. The summed E-state index contributed by atoms with van der Waals surface area (Å²) in [5, 5.41) is 7.39. The molecule has 6 heteroatoms. The SMILES string of the molecule is CCC(CC)n1nccc1NC(=O)C1CCCCN1C(=O)C1CC1. The highest BCUT2D eigenvalue weighted by atomic mass is 16.2. The third-order valence-electron chi connectivity index (χ3n) is 5.23. The molecule has 1 saturated carbocycles. The molecule has 0 aromatic carbocycles. The number of aromatic nitrogens is 2. The van der Waals surface area contributed by atoms with Crippen molar-refractivity contribution in [1.82, 2.24) is 14.7 Å². The van der Waals surface area contributed by atoms with E-state index in [9.17, 15) is 9.59 Å². The first-order valence-corrected chi connectivity index (χ1v) is 9.30. The maximum absolute atomic E-state index is 12.8. The molecule has 0 bridgehead atoms. The van der Waals surface area contributed by atoms with Gasteiger partial charge >= 0.3 is 0 Å². The van der Waals surface area contributed by atoms with E-state index in [0.29, 0.717) is 6.54 Å². The minimum absolute atomic E-state index is 0.0728. The number of nitrogens with one attached hydrogen (secondary N) is 1. The molecule has 2 heterocycles. The molecular weight excluding hydrogens is 304 g/mol. The van der Waals surface area contributed by atoms with Crippen molar-refractivity contribution >= 4 is 17.6 Å². The summed E-state index contributed by atoms with van der Waals surface area (Å²) in [7, 11) is 0. The van der Waals surface area contributed by atoms with Gasteiger partial charge in [0.2, 0.25) is 11.8 Å². The van der Waals surface area contributed by atoms with Crippen molar-refractivity contribution in [2.75, 3.05) is 11.9 Å². The van der Waals surface area contributed by atoms with Gasteiger partial charge in [-0.2, -0.15) is 5.10 Å². The Morgan fingerprint density at radius 1 is 1.25 bits per heavy atom. The Hall–Kier alpha value is -1.85. The maximum Gasteiger partial charge on any atom is 0.248 e. The molecule has 2 aliphatic rings. The first kappa shape index (κ1) is 17.0. The molecule has 1 aliphatic carbocycles.